The van der Waals surface area contributed by atoms with Gasteiger partial charge in [-0.25, -0.2) is 0 Å². The highest BCUT2D eigenvalue weighted by atomic mass is 16.6. The minimum atomic E-state index is -2.96. The van der Waals surface area contributed by atoms with Crippen LogP contribution in [0.5, 0.6) is 0 Å². The van der Waals surface area contributed by atoms with Crippen LogP contribution in [0.25, 0.3) is 0 Å². The summed E-state index contributed by atoms with van der Waals surface area (Å²) in [4.78, 5) is 23.0. The third kappa shape index (κ3) is 3.44. The molecule has 1 aliphatic rings. The number of aliphatic hydroxyl groups is 7. The molecule has 0 aromatic carbocycles. The lowest BCUT2D eigenvalue weighted by Gasteiger charge is -2.47. The molecule has 4 unspecified atom stereocenters. The molecule has 0 aliphatic carbocycles. The van der Waals surface area contributed by atoms with Crippen molar-refractivity contribution in [1.29, 1.82) is 0 Å². The van der Waals surface area contributed by atoms with Gasteiger partial charge in [0.1, 0.15) is 42.7 Å². The molecule has 7 N–H and O–H groups in total. The summed E-state index contributed by atoms with van der Waals surface area (Å²) >= 11 is 0. The molecule has 134 valence electrons. The molecule has 1 aliphatic heterocycles. The fourth-order valence-corrected chi connectivity index (χ4v) is 2.51. The summed E-state index contributed by atoms with van der Waals surface area (Å²) in [6.45, 7) is 0.903. The van der Waals surface area contributed by atoms with E-state index in [1.165, 1.54) is 0 Å². The third-order valence-electron chi connectivity index (χ3n) is 4.06. The molecule has 0 aromatic rings. The molecule has 0 amide bonds. The Morgan fingerprint density at radius 1 is 1.09 bits per heavy atom. The number of hydrogen-bond acceptors (Lipinski definition) is 10. The van der Waals surface area contributed by atoms with Crippen LogP contribution >= 0.6 is 0 Å². The summed E-state index contributed by atoms with van der Waals surface area (Å²) in [7, 11) is 0. The number of Topliss-reactive ketones (excluding diaryl/α,β-unsaturated/α-hetero) is 2. The lowest BCUT2D eigenvalue weighted by molar-refractivity contribution is -0.282. The summed E-state index contributed by atoms with van der Waals surface area (Å²) in [5.41, 5.74) is -2.96. The second kappa shape index (κ2) is 7.28. The minimum absolute atomic E-state index is 0.817. The molecule has 23 heavy (non-hydrogen) atoms. The van der Waals surface area contributed by atoms with Gasteiger partial charge >= 0.3 is 0 Å². The summed E-state index contributed by atoms with van der Waals surface area (Å²) in [5.74, 6) is -2.11. The van der Waals surface area contributed by atoms with E-state index in [-0.39, 0.29) is 0 Å². The lowest BCUT2D eigenvalue weighted by atomic mass is 9.77. The van der Waals surface area contributed by atoms with Gasteiger partial charge in [-0.1, -0.05) is 0 Å². The highest BCUT2D eigenvalue weighted by Crippen LogP contribution is 2.32. The van der Waals surface area contributed by atoms with Gasteiger partial charge in [-0.2, -0.15) is 0 Å². The van der Waals surface area contributed by atoms with Crippen molar-refractivity contribution in [1.82, 2.24) is 0 Å². The Kier molecular flexibility index (Phi) is 6.35. The molecule has 0 bridgehead atoms. The Bertz CT molecular complexity index is 452. The Morgan fingerprint density at radius 3 is 2.00 bits per heavy atom. The van der Waals surface area contributed by atoms with E-state index in [1.54, 1.807) is 0 Å². The largest absolute Gasteiger partial charge is 0.394 e. The average molecular weight is 338 g/mol. The predicted octanol–water partition coefficient (Wildman–Crippen LogP) is -4.54. The fraction of sp³-hybridized carbons (Fsp3) is 0.846. The van der Waals surface area contributed by atoms with E-state index in [2.05, 4.69) is 0 Å². The smallest absolute Gasteiger partial charge is 0.180 e. The van der Waals surface area contributed by atoms with Crippen molar-refractivity contribution < 1.29 is 50.1 Å². The number of rotatable bonds is 6. The number of carbonyl (C=O) groups excluding carboxylic acids is 2. The van der Waals surface area contributed by atoms with Crippen LogP contribution in [-0.4, -0.2) is 102 Å². The Hall–Kier alpha value is -0.980. The Morgan fingerprint density at radius 2 is 1.61 bits per heavy atom. The van der Waals surface area contributed by atoms with Crippen LogP contribution in [0.2, 0.25) is 0 Å². The molecule has 10 nitrogen and oxygen atoms in total. The summed E-state index contributed by atoms with van der Waals surface area (Å²) in [6.07, 6.45) is -13.6. The molecule has 0 spiro atoms. The summed E-state index contributed by atoms with van der Waals surface area (Å²) in [5, 5.41) is 68.7. The van der Waals surface area contributed by atoms with Crippen LogP contribution in [-0.2, 0) is 14.3 Å². The van der Waals surface area contributed by atoms with Gasteiger partial charge in [-0.15, -0.1) is 0 Å². The normalized spacial score (nSPS) is 36.8. The maximum Gasteiger partial charge on any atom is 0.180 e. The SMILES string of the molecule is CC(=O)C(O)C(O)C(O)(C(C)=O)C1O[C@H](CO)[C@@H](O)[C@H](O)[C@H]1O. The molecule has 8 atom stereocenters. The van der Waals surface area contributed by atoms with Crippen molar-refractivity contribution in [3.8, 4) is 0 Å². The molecule has 10 heteroatoms. The van der Waals surface area contributed by atoms with Crippen molar-refractivity contribution in [3.63, 3.8) is 0 Å². The van der Waals surface area contributed by atoms with Crippen LogP contribution in [0, 0.1) is 0 Å². The molecule has 1 heterocycles. The zero-order valence-electron chi connectivity index (χ0n) is 12.6. The zero-order valence-corrected chi connectivity index (χ0v) is 12.6. The van der Waals surface area contributed by atoms with E-state index in [4.69, 9.17) is 9.84 Å². The van der Waals surface area contributed by atoms with E-state index < -0.39 is 66.5 Å². The van der Waals surface area contributed by atoms with Gasteiger partial charge in [-0.3, -0.25) is 9.59 Å². The Balaban J connectivity index is 3.27. The number of ketones is 2. The topological polar surface area (TPSA) is 185 Å². The molecule has 1 fully saturated rings. The second-order valence-electron chi connectivity index (χ2n) is 5.63. The van der Waals surface area contributed by atoms with E-state index in [0.29, 0.717) is 0 Å². The van der Waals surface area contributed by atoms with Gasteiger partial charge in [0.2, 0.25) is 0 Å². The molecule has 1 rings (SSSR count). The van der Waals surface area contributed by atoms with Gasteiger partial charge in [0.15, 0.2) is 17.2 Å². The number of carbonyl (C=O) groups is 2. The third-order valence-corrected chi connectivity index (χ3v) is 4.06. The van der Waals surface area contributed by atoms with Gasteiger partial charge in [0, 0.05) is 0 Å². The lowest BCUT2D eigenvalue weighted by Crippen LogP contribution is -2.72. The molecule has 0 radical (unpaired) electrons. The predicted molar refractivity (Wildman–Crippen MR) is 72.1 cm³/mol. The highest BCUT2D eigenvalue weighted by molar-refractivity contribution is 5.89. The van der Waals surface area contributed by atoms with Crippen molar-refractivity contribution >= 4 is 11.6 Å². The van der Waals surface area contributed by atoms with Crippen molar-refractivity contribution in [3.05, 3.63) is 0 Å². The maximum atomic E-state index is 11.8. The van der Waals surface area contributed by atoms with Crippen LogP contribution in [0.1, 0.15) is 13.8 Å². The summed E-state index contributed by atoms with van der Waals surface area (Å²) in [6, 6.07) is 0. The second-order valence-corrected chi connectivity index (χ2v) is 5.63. The van der Waals surface area contributed by atoms with Crippen molar-refractivity contribution in [2.75, 3.05) is 6.61 Å². The highest BCUT2D eigenvalue weighted by Gasteiger charge is 2.59. The first-order valence-corrected chi connectivity index (χ1v) is 6.90. The van der Waals surface area contributed by atoms with Gasteiger partial charge in [0.05, 0.1) is 6.61 Å². The van der Waals surface area contributed by atoms with Crippen LogP contribution in [0.15, 0.2) is 0 Å². The number of aliphatic hydroxyl groups excluding tert-OH is 6. The van der Waals surface area contributed by atoms with Crippen molar-refractivity contribution in [2.45, 2.75) is 62.2 Å². The quantitative estimate of drug-likeness (QED) is 0.249. The van der Waals surface area contributed by atoms with Gasteiger partial charge in [0.25, 0.3) is 0 Å². The standard InChI is InChI=1S/C13H22O10/c1-4(15)7(17)11(21)13(22,5(2)16)12-10(20)9(19)8(18)6(3-14)23-12/h6-12,14,17-22H,3H2,1-2H3/t6-,7?,8-,9+,10-,11?,12?,13?/m1/s1. The van der Waals surface area contributed by atoms with Crippen molar-refractivity contribution in [2.24, 2.45) is 0 Å². The van der Waals surface area contributed by atoms with Crippen LogP contribution < -0.4 is 0 Å². The van der Waals surface area contributed by atoms with E-state index in [1.807, 2.05) is 0 Å². The van der Waals surface area contributed by atoms with E-state index >= 15 is 0 Å². The maximum absolute atomic E-state index is 11.8. The molecule has 1 saturated heterocycles. The average Bonchev–Trinajstić information content (AvgIpc) is 2.50. The molecular formula is C13H22O10. The molecular weight excluding hydrogens is 316 g/mol. The van der Waals surface area contributed by atoms with Gasteiger partial charge < -0.3 is 40.5 Å². The fourth-order valence-electron chi connectivity index (χ4n) is 2.51. The van der Waals surface area contributed by atoms with Crippen LogP contribution in [0.3, 0.4) is 0 Å². The first kappa shape index (κ1) is 20.1. The van der Waals surface area contributed by atoms with Gasteiger partial charge in [-0.05, 0) is 13.8 Å². The first-order valence-electron chi connectivity index (χ1n) is 6.90. The minimum Gasteiger partial charge on any atom is -0.394 e. The summed E-state index contributed by atoms with van der Waals surface area (Å²) < 4.78 is 5.04. The molecule has 0 saturated carbocycles. The Labute approximate surface area is 131 Å². The first-order chi connectivity index (χ1) is 10.5. The van der Waals surface area contributed by atoms with Crippen LogP contribution in [0.4, 0.5) is 0 Å². The van der Waals surface area contributed by atoms with E-state index in [9.17, 15) is 40.2 Å². The molecule has 0 aromatic heterocycles. The number of hydrogen-bond donors (Lipinski definition) is 7. The number of ether oxygens (including phenoxy) is 1. The van der Waals surface area contributed by atoms with E-state index in [0.717, 1.165) is 13.8 Å². The zero-order chi connectivity index (χ0) is 18.1. The monoisotopic (exact) mass is 338 g/mol.